The normalized spacial score (nSPS) is 16.8. The highest BCUT2D eigenvalue weighted by Crippen LogP contribution is 2.24. The van der Waals surface area contributed by atoms with Crippen LogP contribution in [-0.2, 0) is 20.7 Å². The van der Waals surface area contributed by atoms with Crippen molar-refractivity contribution in [2.75, 3.05) is 26.8 Å². The fraction of sp³-hybridized carbons (Fsp3) is 0.667. The van der Waals surface area contributed by atoms with Crippen LogP contribution in [0, 0.1) is 11.8 Å². The summed E-state index contributed by atoms with van der Waals surface area (Å²) in [6, 6.07) is 6.77. The molecule has 2 atom stereocenters. The van der Waals surface area contributed by atoms with Gasteiger partial charge in [0.05, 0.1) is 13.7 Å². The Labute approximate surface area is 186 Å². The van der Waals surface area contributed by atoms with E-state index in [9.17, 15) is 9.59 Å². The maximum Gasteiger partial charge on any atom is 0.408 e. The van der Waals surface area contributed by atoms with Crippen molar-refractivity contribution < 1.29 is 23.8 Å². The fourth-order valence-electron chi connectivity index (χ4n) is 3.75. The van der Waals surface area contributed by atoms with Gasteiger partial charge < -0.3 is 24.8 Å². The Morgan fingerprint density at radius 3 is 2.39 bits per heavy atom. The molecule has 0 bridgehead atoms. The van der Waals surface area contributed by atoms with Crippen LogP contribution in [0.15, 0.2) is 24.3 Å². The molecule has 0 aliphatic carbocycles. The van der Waals surface area contributed by atoms with Gasteiger partial charge in [-0.2, -0.15) is 0 Å². The Bertz CT molecular complexity index is 693. The first-order valence-corrected chi connectivity index (χ1v) is 11.2. The van der Waals surface area contributed by atoms with E-state index in [4.69, 9.17) is 14.2 Å². The van der Waals surface area contributed by atoms with Gasteiger partial charge >= 0.3 is 12.1 Å². The first-order chi connectivity index (χ1) is 14.7. The zero-order valence-corrected chi connectivity index (χ0v) is 19.5. The van der Waals surface area contributed by atoms with E-state index in [1.165, 1.54) is 20.0 Å². The minimum Gasteiger partial charge on any atom is -0.494 e. The Balaban J connectivity index is 1.84. The van der Waals surface area contributed by atoms with Crippen molar-refractivity contribution in [1.82, 2.24) is 10.6 Å². The summed E-state index contributed by atoms with van der Waals surface area (Å²) >= 11 is 0. The molecule has 2 rings (SSSR count). The SMILES string of the molecule is COC(=O)C(Cc1ccc(OCC[C@@H](C)C2CCNCC2)cc1)NC(=O)OC(C)(C)C. The summed E-state index contributed by atoms with van der Waals surface area (Å²) in [5.41, 5.74) is 0.247. The lowest BCUT2D eigenvalue weighted by Gasteiger charge is -2.28. The monoisotopic (exact) mass is 434 g/mol. The molecule has 7 nitrogen and oxygen atoms in total. The van der Waals surface area contributed by atoms with Gasteiger partial charge in [-0.15, -0.1) is 0 Å². The highest BCUT2D eigenvalue weighted by Gasteiger charge is 2.25. The van der Waals surface area contributed by atoms with Gasteiger partial charge in [-0.05, 0) is 82.7 Å². The second-order valence-electron chi connectivity index (χ2n) is 9.27. The van der Waals surface area contributed by atoms with E-state index in [-0.39, 0.29) is 0 Å². The molecule has 1 aliphatic rings. The summed E-state index contributed by atoms with van der Waals surface area (Å²) in [5, 5.41) is 6.00. The molecular formula is C24H38N2O5. The van der Waals surface area contributed by atoms with Crippen molar-refractivity contribution in [3.8, 4) is 5.75 Å². The molecule has 1 fully saturated rings. The number of piperidine rings is 1. The molecule has 1 aromatic rings. The van der Waals surface area contributed by atoms with Crippen molar-refractivity contribution in [2.24, 2.45) is 11.8 Å². The third kappa shape index (κ3) is 9.17. The molecular weight excluding hydrogens is 396 g/mol. The largest absolute Gasteiger partial charge is 0.494 e. The summed E-state index contributed by atoms with van der Waals surface area (Å²) in [7, 11) is 1.30. The first-order valence-electron chi connectivity index (χ1n) is 11.2. The summed E-state index contributed by atoms with van der Waals surface area (Å²) in [6.45, 7) is 10.5. The molecule has 1 aliphatic heterocycles. The maximum atomic E-state index is 12.1. The van der Waals surface area contributed by atoms with Crippen LogP contribution in [0.5, 0.6) is 5.75 Å². The number of alkyl carbamates (subject to hydrolysis) is 1. The van der Waals surface area contributed by atoms with E-state index in [0.29, 0.717) is 18.9 Å². The highest BCUT2D eigenvalue weighted by molar-refractivity contribution is 5.81. The van der Waals surface area contributed by atoms with E-state index >= 15 is 0 Å². The Hall–Kier alpha value is -2.28. The second-order valence-corrected chi connectivity index (χ2v) is 9.27. The number of benzene rings is 1. The molecule has 174 valence electrons. The summed E-state index contributed by atoms with van der Waals surface area (Å²) in [5.74, 6) is 1.72. The lowest BCUT2D eigenvalue weighted by molar-refractivity contribution is -0.143. The zero-order valence-electron chi connectivity index (χ0n) is 19.5. The quantitative estimate of drug-likeness (QED) is 0.577. The van der Waals surface area contributed by atoms with Crippen molar-refractivity contribution in [3.63, 3.8) is 0 Å². The number of hydrogen-bond donors (Lipinski definition) is 2. The summed E-state index contributed by atoms with van der Waals surface area (Å²) in [6.07, 6.45) is 3.18. The fourth-order valence-corrected chi connectivity index (χ4v) is 3.75. The molecule has 0 aromatic heterocycles. The minimum atomic E-state index is -0.822. The molecule has 31 heavy (non-hydrogen) atoms. The van der Waals surface area contributed by atoms with E-state index in [1.807, 2.05) is 24.3 Å². The van der Waals surface area contributed by atoms with Crippen LogP contribution in [0.25, 0.3) is 0 Å². The molecule has 2 N–H and O–H groups in total. The van der Waals surface area contributed by atoms with Crippen molar-refractivity contribution in [2.45, 2.75) is 65.0 Å². The number of esters is 1. The topological polar surface area (TPSA) is 85.9 Å². The number of rotatable bonds is 9. The number of ether oxygens (including phenoxy) is 3. The molecule has 0 spiro atoms. The van der Waals surface area contributed by atoms with Crippen LogP contribution in [0.2, 0.25) is 0 Å². The van der Waals surface area contributed by atoms with E-state index < -0.39 is 23.7 Å². The van der Waals surface area contributed by atoms with Gasteiger partial charge in [0.15, 0.2) is 0 Å². The van der Waals surface area contributed by atoms with Crippen LogP contribution < -0.4 is 15.4 Å². The van der Waals surface area contributed by atoms with Gasteiger partial charge in [0.25, 0.3) is 0 Å². The van der Waals surface area contributed by atoms with Crippen molar-refractivity contribution in [3.05, 3.63) is 29.8 Å². The maximum absolute atomic E-state index is 12.1. The smallest absolute Gasteiger partial charge is 0.408 e. The van der Waals surface area contributed by atoms with E-state index in [0.717, 1.165) is 36.7 Å². The summed E-state index contributed by atoms with van der Waals surface area (Å²) < 4.78 is 16.0. The number of carbonyl (C=O) groups excluding carboxylic acids is 2. The second kappa shape index (κ2) is 11.9. The van der Waals surface area contributed by atoms with Crippen molar-refractivity contribution in [1.29, 1.82) is 0 Å². The molecule has 1 aromatic carbocycles. The number of nitrogens with one attached hydrogen (secondary N) is 2. The molecule has 1 heterocycles. The Morgan fingerprint density at radius 1 is 1.16 bits per heavy atom. The number of carbonyl (C=O) groups is 2. The number of methoxy groups -OCH3 is 1. The van der Waals surface area contributed by atoms with Crippen LogP contribution in [-0.4, -0.2) is 50.5 Å². The standard InChI is InChI=1S/C24H38N2O5/c1-17(19-10-13-25-14-11-19)12-15-30-20-8-6-18(7-9-20)16-21(22(27)29-5)26-23(28)31-24(2,3)4/h6-9,17,19,21,25H,10-16H2,1-5H3,(H,26,28)/t17-,21?/m1/s1. The third-order valence-electron chi connectivity index (χ3n) is 5.57. The average molecular weight is 435 g/mol. The molecule has 1 amide bonds. The minimum absolute atomic E-state index is 0.305. The van der Waals surface area contributed by atoms with Crippen LogP contribution in [0.3, 0.4) is 0 Å². The molecule has 7 heteroatoms. The molecule has 0 saturated carbocycles. The Kier molecular flexibility index (Phi) is 9.62. The van der Waals surface area contributed by atoms with Crippen LogP contribution in [0.1, 0.15) is 52.5 Å². The van der Waals surface area contributed by atoms with Gasteiger partial charge in [0.2, 0.25) is 0 Å². The highest BCUT2D eigenvalue weighted by atomic mass is 16.6. The van der Waals surface area contributed by atoms with Gasteiger partial charge in [0.1, 0.15) is 17.4 Å². The van der Waals surface area contributed by atoms with Gasteiger partial charge in [-0.1, -0.05) is 19.1 Å². The summed E-state index contributed by atoms with van der Waals surface area (Å²) in [4.78, 5) is 24.2. The molecule has 1 unspecified atom stereocenters. The van der Waals surface area contributed by atoms with Gasteiger partial charge in [0, 0.05) is 6.42 Å². The predicted octanol–water partition coefficient (Wildman–Crippen LogP) is 3.70. The zero-order chi connectivity index (χ0) is 22.9. The van der Waals surface area contributed by atoms with Crippen LogP contribution >= 0.6 is 0 Å². The van der Waals surface area contributed by atoms with Crippen LogP contribution in [0.4, 0.5) is 4.79 Å². The Morgan fingerprint density at radius 2 is 1.81 bits per heavy atom. The van der Waals surface area contributed by atoms with Crippen molar-refractivity contribution >= 4 is 12.1 Å². The predicted molar refractivity (Wildman–Crippen MR) is 120 cm³/mol. The van der Waals surface area contributed by atoms with E-state index in [1.54, 1.807) is 20.8 Å². The van der Waals surface area contributed by atoms with E-state index in [2.05, 4.69) is 17.6 Å². The lowest BCUT2D eigenvalue weighted by atomic mass is 9.84. The average Bonchev–Trinajstić information content (AvgIpc) is 2.73. The molecule has 0 radical (unpaired) electrons. The van der Waals surface area contributed by atoms with Gasteiger partial charge in [-0.3, -0.25) is 0 Å². The third-order valence-corrected chi connectivity index (χ3v) is 5.57. The van der Waals surface area contributed by atoms with Gasteiger partial charge in [-0.25, -0.2) is 9.59 Å². The number of hydrogen-bond acceptors (Lipinski definition) is 6. The molecule has 1 saturated heterocycles. The first kappa shape index (κ1) is 25.0. The number of amides is 1. The lowest BCUT2D eigenvalue weighted by Crippen LogP contribution is -2.45.